The quantitative estimate of drug-likeness (QED) is 0.763. The summed E-state index contributed by atoms with van der Waals surface area (Å²) in [7, 11) is 0. The molecular weight excluding hydrogens is 264 g/mol. The highest BCUT2D eigenvalue weighted by Gasteiger charge is 2.05. The van der Waals surface area contributed by atoms with Crippen LogP contribution in [0, 0.1) is 0 Å². The van der Waals surface area contributed by atoms with Gasteiger partial charge in [0.15, 0.2) is 11.6 Å². The third kappa shape index (κ3) is 3.27. The van der Waals surface area contributed by atoms with Crippen LogP contribution in [0.4, 0.5) is 17.3 Å². The van der Waals surface area contributed by atoms with Gasteiger partial charge in [-0.05, 0) is 24.3 Å². The van der Waals surface area contributed by atoms with Gasteiger partial charge in [-0.15, -0.1) is 0 Å². The average molecular weight is 278 g/mol. The van der Waals surface area contributed by atoms with E-state index in [1.165, 1.54) is 6.20 Å². The van der Waals surface area contributed by atoms with Gasteiger partial charge < -0.3 is 15.8 Å². The van der Waals surface area contributed by atoms with Gasteiger partial charge in [-0.3, -0.25) is 4.98 Å². The maximum absolute atomic E-state index is 5.87. The van der Waals surface area contributed by atoms with Crippen LogP contribution in [0.2, 0.25) is 0 Å². The van der Waals surface area contributed by atoms with Crippen molar-refractivity contribution in [2.45, 2.75) is 0 Å². The minimum atomic E-state index is 0.362. The van der Waals surface area contributed by atoms with Gasteiger partial charge in [-0.25, -0.2) is 4.98 Å². The monoisotopic (exact) mass is 278 g/mol. The Morgan fingerprint density at radius 1 is 0.905 bits per heavy atom. The molecule has 0 fully saturated rings. The predicted molar refractivity (Wildman–Crippen MR) is 82.7 cm³/mol. The number of nitrogens with two attached hydrogens (primary N) is 1. The fourth-order valence-electron chi connectivity index (χ4n) is 1.85. The van der Waals surface area contributed by atoms with E-state index in [1.807, 2.05) is 54.6 Å². The van der Waals surface area contributed by atoms with Crippen molar-refractivity contribution in [3.63, 3.8) is 0 Å². The summed E-state index contributed by atoms with van der Waals surface area (Å²) in [6, 6.07) is 17.2. The second-order valence-corrected chi connectivity index (χ2v) is 4.37. The lowest BCUT2D eigenvalue weighted by molar-refractivity contribution is 0.485. The van der Waals surface area contributed by atoms with Crippen LogP contribution in [-0.2, 0) is 0 Å². The van der Waals surface area contributed by atoms with Crippen molar-refractivity contribution < 1.29 is 4.74 Å². The third-order valence-electron chi connectivity index (χ3n) is 2.77. The summed E-state index contributed by atoms with van der Waals surface area (Å²) in [4.78, 5) is 8.17. The lowest BCUT2D eigenvalue weighted by atomic mass is 10.3. The van der Waals surface area contributed by atoms with Gasteiger partial charge in [0.2, 0.25) is 0 Å². The Kier molecular flexibility index (Phi) is 3.64. The smallest absolute Gasteiger partial charge is 0.151 e. The van der Waals surface area contributed by atoms with E-state index < -0.39 is 0 Å². The molecule has 104 valence electrons. The number of hydrogen-bond acceptors (Lipinski definition) is 5. The van der Waals surface area contributed by atoms with Crippen LogP contribution in [0.15, 0.2) is 67.0 Å². The standard InChI is InChI=1S/C16H14N4O/c17-15-10-18-11-16(20-15)19-13-8-4-5-9-14(13)21-12-6-2-1-3-7-12/h1-11H,(H3,17,19,20). The first-order valence-electron chi connectivity index (χ1n) is 6.48. The highest BCUT2D eigenvalue weighted by atomic mass is 16.5. The summed E-state index contributed by atoms with van der Waals surface area (Å²) in [5.41, 5.74) is 6.42. The average Bonchev–Trinajstić information content (AvgIpc) is 2.50. The highest BCUT2D eigenvalue weighted by molar-refractivity contribution is 5.64. The molecule has 0 bridgehead atoms. The number of aromatic nitrogens is 2. The Bertz CT molecular complexity index is 731. The van der Waals surface area contributed by atoms with Gasteiger partial charge >= 0.3 is 0 Å². The second-order valence-electron chi connectivity index (χ2n) is 4.37. The van der Waals surface area contributed by atoms with Crippen molar-refractivity contribution in [3.8, 4) is 11.5 Å². The maximum Gasteiger partial charge on any atom is 0.151 e. The van der Waals surface area contributed by atoms with Gasteiger partial charge in [0.05, 0.1) is 18.1 Å². The molecule has 5 nitrogen and oxygen atoms in total. The first-order chi connectivity index (χ1) is 10.3. The van der Waals surface area contributed by atoms with E-state index >= 15 is 0 Å². The van der Waals surface area contributed by atoms with Crippen LogP contribution in [0.3, 0.4) is 0 Å². The molecule has 0 aliphatic carbocycles. The van der Waals surface area contributed by atoms with Crippen LogP contribution in [0.25, 0.3) is 0 Å². The zero-order valence-electron chi connectivity index (χ0n) is 11.2. The first kappa shape index (κ1) is 12.9. The fraction of sp³-hybridized carbons (Fsp3) is 0. The minimum absolute atomic E-state index is 0.362. The Hall–Kier alpha value is -3.08. The van der Waals surface area contributed by atoms with E-state index in [1.54, 1.807) is 6.20 Å². The van der Waals surface area contributed by atoms with E-state index in [0.29, 0.717) is 17.4 Å². The predicted octanol–water partition coefficient (Wildman–Crippen LogP) is 3.59. The largest absolute Gasteiger partial charge is 0.455 e. The molecule has 0 unspecified atom stereocenters. The Morgan fingerprint density at radius 3 is 2.48 bits per heavy atom. The number of nitrogen functional groups attached to an aromatic ring is 1. The molecule has 0 atom stereocenters. The fourth-order valence-corrected chi connectivity index (χ4v) is 1.85. The molecule has 1 aromatic heterocycles. The molecule has 3 N–H and O–H groups in total. The molecule has 0 amide bonds. The topological polar surface area (TPSA) is 73.1 Å². The van der Waals surface area contributed by atoms with Crippen molar-refractivity contribution in [2.24, 2.45) is 0 Å². The molecule has 21 heavy (non-hydrogen) atoms. The van der Waals surface area contributed by atoms with Gasteiger partial charge in [0, 0.05) is 0 Å². The van der Waals surface area contributed by atoms with E-state index in [4.69, 9.17) is 10.5 Å². The van der Waals surface area contributed by atoms with Crippen molar-refractivity contribution in [1.82, 2.24) is 9.97 Å². The van der Waals surface area contributed by atoms with Crippen LogP contribution in [-0.4, -0.2) is 9.97 Å². The normalized spacial score (nSPS) is 10.1. The number of nitrogens with one attached hydrogen (secondary N) is 1. The molecule has 5 heteroatoms. The number of ether oxygens (including phenoxy) is 1. The van der Waals surface area contributed by atoms with Crippen LogP contribution in [0.1, 0.15) is 0 Å². The Labute approximate surface area is 122 Å². The summed E-state index contributed by atoms with van der Waals surface area (Å²) in [5, 5.41) is 3.15. The number of nitrogens with zero attached hydrogens (tertiary/aromatic N) is 2. The lowest BCUT2D eigenvalue weighted by Crippen LogP contribution is -1.99. The molecule has 0 aliphatic heterocycles. The molecule has 0 radical (unpaired) electrons. The molecule has 0 aliphatic rings. The van der Waals surface area contributed by atoms with Crippen molar-refractivity contribution >= 4 is 17.3 Å². The molecule has 1 heterocycles. The number of para-hydroxylation sites is 3. The van der Waals surface area contributed by atoms with Crippen LogP contribution >= 0.6 is 0 Å². The molecule has 0 saturated carbocycles. The molecule has 3 aromatic rings. The number of hydrogen-bond donors (Lipinski definition) is 2. The summed E-state index contributed by atoms with van der Waals surface area (Å²) >= 11 is 0. The molecule has 0 saturated heterocycles. The van der Waals surface area contributed by atoms with Crippen molar-refractivity contribution in [3.05, 3.63) is 67.0 Å². The molecule has 0 spiro atoms. The van der Waals surface area contributed by atoms with Gasteiger partial charge in [-0.1, -0.05) is 30.3 Å². The van der Waals surface area contributed by atoms with E-state index in [9.17, 15) is 0 Å². The maximum atomic E-state index is 5.87. The molecular formula is C16H14N4O. The summed E-state index contributed by atoms with van der Waals surface area (Å²) in [6.07, 6.45) is 3.10. The van der Waals surface area contributed by atoms with Crippen molar-refractivity contribution in [1.29, 1.82) is 0 Å². The zero-order chi connectivity index (χ0) is 14.5. The number of anilines is 3. The number of rotatable bonds is 4. The zero-order valence-corrected chi connectivity index (χ0v) is 11.2. The van der Waals surface area contributed by atoms with Crippen molar-refractivity contribution in [2.75, 3.05) is 11.1 Å². The summed E-state index contributed by atoms with van der Waals surface area (Å²) in [5.74, 6) is 2.40. The number of benzene rings is 2. The van der Waals surface area contributed by atoms with Gasteiger partial charge in [0.1, 0.15) is 11.6 Å². The summed E-state index contributed by atoms with van der Waals surface area (Å²) in [6.45, 7) is 0. The minimum Gasteiger partial charge on any atom is -0.455 e. The lowest BCUT2D eigenvalue weighted by Gasteiger charge is -2.12. The highest BCUT2D eigenvalue weighted by Crippen LogP contribution is 2.30. The van der Waals surface area contributed by atoms with E-state index in [-0.39, 0.29) is 0 Å². The first-order valence-corrected chi connectivity index (χ1v) is 6.48. The van der Waals surface area contributed by atoms with Crippen LogP contribution in [0.5, 0.6) is 11.5 Å². The van der Waals surface area contributed by atoms with Gasteiger partial charge in [0.25, 0.3) is 0 Å². The second kappa shape index (κ2) is 5.92. The third-order valence-corrected chi connectivity index (χ3v) is 2.77. The Morgan fingerprint density at radius 2 is 1.67 bits per heavy atom. The van der Waals surface area contributed by atoms with Gasteiger partial charge in [-0.2, -0.15) is 0 Å². The van der Waals surface area contributed by atoms with E-state index in [2.05, 4.69) is 15.3 Å². The van der Waals surface area contributed by atoms with Crippen LogP contribution < -0.4 is 15.8 Å². The molecule has 2 aromatic carbocycles. The van der Waals surface area contributed by atoms with E-state index in [0.717, 1.165) is 11.4 Å². The molecule has 3 rings (SSSR count). The Balaban J connectivity index is 1.86. The SMILES string of the molecule is Nc1cncc(Nc2ccccc2Oc2ccccc2)n1. The summed E-state index contributed by atoms with van der Waals surface area (Å²) < 4.78 is 5.87.